The molecule has 10 heteroatoms. The number of methoxy groups -OCH3 is 1. The molecule has 0 atom stereocenters. The lowest BCUT2D eigenvalue weighted by atomic mass is 10.0. The third-order valence-corrected chi connectivity index (χ3v) is 13.8. The van der Waals surface area contributed by atoms with E-state index in [-0.39, 0.29) is 16.4 Å². The molecule has 0 bridgehead atoms. The van der Waals surface area contributed by atoms with E-state index in [1.54, 1.807) is 25.3 Å². The maximum Gasteiger partial charge on any atom is 0.270 e. The zero-order valence-corrected chi connectivity index (χ0v) is 40.1. The zero-order chi connectivity index (χ0) is 49.1. The summed E-state index contributed by atoms with van der Waals surface area (Å²) in [5.74, 6) is 0.767. The molecule has 0 saturated carbocycles. The van der Waals surface area contributed by atoms with Gasteiger partial charge < -0.3 is 4.74 Å². The number of nitrogens with zero attached hydrogens (tertiary/aromatic N) is 6. The summed E-state index contributed by atoms with van der Waals surface area (Å²) in [5, 5.41) is 10.7. The fourth-order valence-corrected chi connectivity index (χ4v) is 10.3. The van der Waals surface area contributed by atoms with Crippen LogP contribution in [0.1, 0.15) is 33.4 Å². The van der Waals surface area contributed by atoms with Gasteiger partial charge in [0.1, 0.15) is 11.6 Å². The van der Waals surface area contributed by atoms with E-state index in [2.05, 4.69) is 164 Å². The molecule has 0 amide bonds. The molecule has 72 heavy (non-hydrogen) atoms. The van der Waals surface area contributed by atoms with Gasteiger partial charge in [-0.25, -0.2) is 4.39 Å². The number of aromatic nitrogens is 5. The van der Waals surface area contributed by atoms with Crippen LogP contribution in [0.5, 0.6) is 5.75 Å². The van der Waals surface area contributed by atoms with Crippen molar-refractivity contribution in [3.05, 3.63) is 268 Å². The van der Waals surface area contributed by atoms with Gasteiger partial charge in [-0.15, -0.1) is 0 Å². The first-order valence-corrected chi connectivity index (χ1v) is 24.1. The maximum atomic E-state index is 13.0. The molecule has 9 nitrogen and oxygen atoms in total. The number of benzene rings is 5. The van der Waals surface area contributed by atoms with Gasteiger partial charge in [-0.2, -0.15) is 22.8 Å². The normalized spacial score (nSPS) is 12.2. The second-order valence-corrected chi connectivity index (χ2v) is 18.3. The molecular formula is C62H52FN6O3+5. The molecule has 0 unspecified atom stereocenters. The number of halogens is 1. The minimum absolute atomic E-state index is 0.149. The van der Waals surface area contributed by atoms with Crippen molar-refractivity contribution >= 4 is 5.69 Å². The van der Waals surface area contributed by atoms with Gasteiger partial charge in [0.05, 0.1) is 39.9 Å². The summed E-state index contributed by atoms with van der Waals surface area (Å²) >= 11 is 0. The quantitative estimate of drug-likeness (QED) is 0.0985. The van der Waals surface area contributed by atoms with Gasteiger partial charge in [-0.1, -0.05) is 29.8 Å². The summed E-state index contributed by atoms with van der Waals surface area (Å²) in [4.78, 5) is 10.4. The molecule has 0 radical (unpaired) electrons. The first-order valence-electron chi connectivity index (χ1n) is 24.1. The van der Waals surface area contributed by atoms with Crippen LogP contribution in [0.15, 0.2) is 219 Å². The van der Waals surface area contributed by atoms with Gasteiger partial charge >= 0.3 is 0 Å². The van der Waals surface area contributed by atoms with E-state index in [4.69, 9.17) is 4.74 Å². The Kier molecular flexibility index (Phi) is 12.5. The van der Waals surface area contributed by atoms with Crippen molar-refractivity contribution in [3.8, 4) is 62.0 Å². The van der Waals surface area contributed by atoms with Crippen molar-refractivity contribution in [2.24, 2.45) is 0 Å². The Bertz CT molecular complexity index is 3570. The summed E-state index contributed by atoms with van der Waals surface area (Å²) < 4.78 is 29.3. The first-order chi connectivity index (χ1) is 35.3. The lowest BCUT2D eigenvalue weighted by Crippen LogP contribution is -2.31. The molecule has 350 valence electrons. The molecule has 10 aromatic rings. The average molecular weight is 948 g/mol. The van der Waals surface area contributed by atoms with Crippen molar-refractivity contribution in [2.45, 2.75) is 39.6 Å². The van der Waals surface area contributed by atoms with Crippen molar-refractivity contribution in [2.75, 3.05) is 7.11 Å². The van der Waals surface area contributed by atoms with Crippen LogP contribution in [0.3, 0.4) is 0 Å². The highest BCUT2D eigenvalue weighted by atomic mass is 19.1. The van der Waals surface area contributed by atoms with Gasteiger partial charge in [0.15, 0.2) is 63.7 Å². The highest BCUT2D eigenvalue weighted by Gasteiger charge is 2.29. The fourth-order valence-electron chi connectivity index (χ4n) is 10.3. The van der Waals surface area contributed by atoms with E-state index < -0.39 is 0 Å². The smallest absolute Gasteiger partial charge is 0.270 e. The van der Waals surface area contributed by atoms with Gasteiger partial charge in [-0.05, 0) is 97.9 Å². The maximum absolute atomic E-state index is 13.0. The summed E-state index contributed by atoms with van der Waals surface area (Å²) in [6, 6.07) is 62.5. The number of non-ortho nitro benzene ring substituents is 1. The second kappa shape index (κ2) is 19.8. The number of hydrogen-bond donors (Lipinski definition) is 0. The monoisotopic (exact) mass is 947 g/mol. The van der Waals surface area contributed by atoms with Crippen molar-refractivity contribution in [3.63, 3.8) is 0 Å². The topological polar surface area (TPSA) is 71.8 Å². The van der Waals surface area contributed by atoms with E-state index in [0.717, 1.165) is 66.4 Å². The van der Waals surface area contributed by atoms with Crippen molar-refractivity contribution in [1.29, 1.82) is 0 Å². The molecule has 0 spiro atoms. The van der Waals surface area contributed by atoms with Crippen LogP contribution < -0.4 is 27.6 Å². The highest BCUT2D eigenvalue weighted by molar-refractivity contribution is 5.68. The van der Waals surface area contributed by atoms with Crippen LogP contribution in [0.4, 0.5) is 10.1 Å². The minimum atomic E-state index is -0.355. The van der Waals surface area contributed by atoms with E-state index >= 15 is 0 Å². The Hall–Kier alpha value is -9.02. The van der Waals surface area contributed by atoms with Crippen LogP contribution in [-0.2, 0) is 32.7 Å². The number of fused-ring (bicyclic) bond motifs is 15. The second-order valence-electron chi connectivity index (χ2n) is 18.3. The zero-order valence-electron chi connectivity index (χ0n) is 40.1. The highest BCUT2D eigenvalue weighted by Crippen LogP contribution is 2.32. The average Bonchev–Trinajstić information content (AvgIpc) is 4.24. The molecule has 15 rings (SSSR count). The number of hydrogen-bond acceptors (Lipinski definition) is 3. The van der Waals surface area contributed by atoms with Gasteiger partial charge in [-0.3, -0.25) is 10.1 Å². The molecule has 5 aromatic heterocycles. The Morgan fingerprint density at radius 2 is 0.819 bits per heavy atom. The van der Waals surface area contributed by atoms with Crippen LogP contribution in [0.2, 0.25) is 0 Å². The van der Waals surface area contributed by atoms with E-state index in [1.165, 1.54) is 67.8 Å². The Balaban J connectivity index is 0.0000000974. The minimum Gasteiger partial charge on any atom is -0.497 e. The van der Waals surface area contributed by atoms with Gasteiger partial charge in [0.2, 0.25) is 28.5 Å². The Morgan fingerprint density at radius 3 is 1.33 bits per heavy atom. The van der Waals surface area contributed by atoms with Crippen LogP contribution in [0.25, 0.3) is 56.3 Å². The number of pyridine rings is 5. The summed E-state index contributed by atoms with van der Waals surface area (Å²) in [7, 11) is 1.70. The summed E-state index contributed by atoms with van der Waals surface area (Å²) in [6.45, 7) is 6.73. The van der Waals surface area contributed by atoms with Gasteiger partial charge in [0.25, 0.3) is 5.69 Å². The first kappa shape index (κ1) is 45.4. The van der Waals surface area contributed by atoms with Gasteiger partial charge in [0, 0.05) is 101 Å². The van der Waals surface area contributed by atoms with Crippen LogP contribution >= 0.6 is 0 Å². The summed E-state index contributed by atoms with van der Waals surface area (Å²) in [5.41, 5.74) is 20.2. The molecule has 5 aliphatic rings. The van der Waals surface area contributed by atoms with Crippen LogP contribution in [-0.4, -0.2) is 12.0 Å². The lowest BCUT2D eigenvalue weighted by Gasteiger charge is -2.00. The predicted octanol–water partition coefficient (Wildman–Crippen LogP) is 10.4. The standard InChI is InChI=1S/C13H12NO.C13H12N.C12H9FN.C12H9N2O2.C12H10N/c1-15-11-6-5-10-9-14-7-3-2-4-13(14)12(10)8-11;1-10-5-6-12-11(8-10)9-14-7-3-2-4-13(12)14;13-10-4-5-11-9(7-10)8-14-6-2-1-3-12(11)14;15-14(16)10-5-4-9-8-13-6-2-1-3-12(13)11(9)7-10;1-2-6-11-10(5-1)9-13-8-4-3-7-12(11)13/h2-8H,9H2,1H3;2-8H,9H2,1H3;1-7H,8H2;1-7H,8H2;1-8H,9H2/q5*+1. The third kappa shape index (κ3) is 9.13. The molecule has 0 aliphatic carbocycles. The Morgan fingerprint density at radius 1 is 0.417 bits per heavy atom. The number of aryl methyl sites for hydroxylation is 1. The molecule has 0 fully saturated rings. The van der Waals surface area contributed by atoms with Crippen LogP contribution in [0, 0.1) is 22.9 Å². The lowest BCUT2D eigenvalue weighted by molar-refractivity contribution is -0.672. The molecule has 0 N–H and O–H groups in total. The largest absolute Gasteiger partial charge is 0.497 e. The van der Waals surface area contributed by atoms with E-state index in [1.807, 2.05) is 60.9 Å². The number of nitro benzene ring substituents is 1. The summed E-state index contributed by atoms with van der Waals surface area (Å²) in [6.07, 6.45) is 10.4. The predicted molar refractivity (Wildman–Crippen MR) is 274 cm³/mol. The SMILES string of the molecule is COc1ccc2c(c1)-c1cccc[n+]1C2.Cc1ccc2c(c1)C[n+]1ccccc1-2.Fc1ccc2c(c1)C[n+]1ccccc1-2.O=[N+]([O-])c1ccc2c(c1)-c1cccc[n+]1C2.c1ccc2c(c1)C[n+]1ccccc1-2. The number of ether oxygens (including phenoxy) is 1. The molecule has 5 aliphatic heterocycles. The number of nitro groups is 1. The Labute approximate surface area is 418 Å². The number of rotatable bonds is 2. The van der Waals surface area contributed by atoms with E-state index in [0.29, 0.717) is 0 Å². The third-order valence-electron chi connectivity index (χ3n) is 13.8. The molecule has 10 heterocycles. The van der Waals surface area contributed by atoms with Crippen molar-refractivity contribution in [1.82, 2.24) is 0 Å². The van der Waals surface area contributed by atoms with E-state index in [9.17, 15) is 14.5 Å². The molecule has 0 saturated heterocycles. The molecule has 5 aromatic carbocycles. The van der Waals surface area contributed by atoms with Crippen molar-refractivity contribution < 1.29 is 36.9 Å². The fraction of sp³-hybridized carbons (Fsp3) is 0.113. The molecular weight excluding hydrogens is 896 g/mol.